The summed E-state index contributed by atoms with van der Waals surface area (Å²) in [5, 5.41) is 7.82. The first-order chi connectivity index (χ1) is 18.1. The van der Waals surface area contributed by atoms with Crippen LogP contribution >= 0.6 is 0 Å². The van der Waals surface area contributed by atoms with Gasteiger partial charge in [-0.25, -0.2) is 10.2 Å². The maximum atomic E-state index is 12.7. The smallest absolute Gasteiger partial charge is 0.344 e. The zero-order valence-corrected chi connectivity index (χ0v) is 20.1. The lowest BCUT2D eigenvalue weighted by Gasteiger charge is -2.14. The van der Waals surface area contributed by atoms with Crippen LogP contribution in [0.15, 0.2) is 114 Å². The molecule has 0 aliphatic heterocycles. The number of nitrogens with zero attached hydrogens (tertiary/aromatic N) is 1. The van der Waals surface area contributed by atoms with Crippen LogP contribution in [-0.2, 0) is 4.79 Å². The summed E-state index contributed by atoms with van der Waals surface area (Å²) >= 11 is 0. The van der Waals surface area contributed by atoms with Crippen molar-refractivity contribution >= 4 is 39.6 Å². The molecule has 0 fully saturated rings. The average Bonchev–Trinajstić information content (AvgIpc) is 2.93. The number of hydrogen-bond donors (Lipinski definition) is 1. The molecule has 1 amide bonds. The molecule has 5 rings (SSSR count). The van der Waals surface area contributed by atoms with Gasteiger partial charge in [0.2, 0.25) is 0 Å². The third-order valence-electron chi connectivity index (χ3n) is 5.91. The van der Waals surface area contributed by atoms with Crippen molar-refractivity contribution in [2.45, 2.75) is 13.0 Å². The summed E-state index contributed by atoms with van der Waals surface area (Å²) in [5.41, 5.74) is 3.74. The van der Waals surface area contributed by atoms with Gasteiger partial charge in [-0.05, 0) is 65.0 Å². The number of hydrazone groups is 1. The molecular formula is C31H24N2O4. The van der Waals surface area contributed by atoms with E-state index >= 15 is 0 Å². The third-order valence-corrected chi connectivity index (χ3v) is 5.91. The highest BCUT2D eigenvalue weighted by Crippen LogP contribution is 2.26. The summed E-state index contributed by atoms with van der Waals surface area (Å²) in [5.74, 6) is 0.255. The van der Waals surface area contributed by atoms with Gasteiger partial charge in [0, 0.05) is 5.39 Å². The molecule has 1 N–H and O–H groups in total. The predicted octanol–water partition coefficient (Wildman–Crippen LogP) is 6.13. The number of fused-ring (bicyclic) bond motifs is 2. The van der Waals surface area contributed by atoms with Gasteiger partial charge < -0.3 is 9.47 Å². The Labute approximate surface area is 214 Å². The van der Waals surface area contributed by atoms with Crippen molar-refractivity contribution in [3.63, 3.8) is 0 Å². The van der Waals surface area contributed by atoms with E-state index in [2.05, 4.69) is 10.5 Å². The Bertz CT molecular complexity index is 1600. The van der Waals surface area contributed by atoms with Gasteiger partial charge in [0.25, 0.3) is 5.91 Å². The molecule has 0 aromatic heterocycles. The number of hydrogen-bond acceptors (Lipinski definition) is 5. The Morgan fingerprint density at radius 1 is 0.757 bits per heavy atom. The van der Waals surface area contributed by atoms with Crippen LogP contribution in [0.3, 0.4) is 0 Å². The number of carbonyl (C=O) groups is 2. The molecule has 0 aliphatic rings. The minimum absolute atomic E-state index is 0.371. The molecule has 0 saturated carbocycles. The van der Waals surface area contributed by atoms with Crippen LogP contribution in [0.25, 0.3) is 21.5 Å². The van der Waals surface area contributed by atoms with E-state index in [1.54, 1.807) is 37.3 Å². The predicted molar refractivity (Wildman–Crippen MR) is 145 cm³/mol. The first-order valence-corrected chi connectivity index (χ1v) is 11.9. The SMILES string of the molecule is CC(Oc1cccc2ccccc12)C(=O)N/N=C/c1ccc(OC(=O)c2cccc3ccccc23)cc1. The molecule has 0 aliphatic carbocycles. The van der Waals surface area contributed by atoms with Crippen LogP contribution in [0.5, 0.6) is 11.5 Å². The second kappa shape index (κ2) is 10.7. The highest BCUT2D eigenvalue weighted by atomic mass is 16.5. The summed E-state index contributed by atoms with van der Waals surface area (Å²) < 4.78 is 11.4. The molecule has 37 heavy (non-hydrogen) atoms. The van der Waals surface area contributed by atoms with Gasteiger partial charge in [0.05, 0.1) is 11.8 Å². The first kappa shape index (κ1) is 23.8. The van der Waals surface area contributed by atoms with Gasteiger partial charge in [0.15, 0.2) is 6.10 Å². The van der Waals surface area contributed by atoms with Gasteiger partial charge in [-0.15, -0.1) is 0 Å². The van der Waals surface area contributed by atoms with Crippen molar-refractivity contribution < 1.29 is 19.1 Å². The Morgan fingerprint density at radius 3 is 2.14 bits per heavy atom. The molecule has 0 heterocycles. The largest absolute Gasteiger partial charge is 0.480 e. The molecular weight excluding hydrogens is 464 g/mol. The van der Waals surface area contributed by atoms with E-state index in [1.807, 2.05) is 78.9 Å². The maximum absolute atomic E-state index is 12.7. The molecule has 1 unspecified atom stereocenters. The highest BCUT2D eigenvalue weighted by molar-refractivity contribution is 6.05. The lowest BCUT2D eigenvalue weighted by molar-refractivity contribution is -0.127. The van der Waals surface area contributed by atoms with Crippen LogP contribution in [0.4, 0.5) is 0 Å². The number of benzene rings is 5. The average molecular weight is 489 g/mol. The van der Waals surface area contributed by atoms with E-state index < -0.39 is 12.1 Å². The Morgan fingerprint density at radius 2 is 1.38 bits per heavy atom. The Hall–Kier alpha value is -4.97. The lowest BCUT2D eigenvalue weighted by Crippen LogP contribution is -2.33. The monoisotopic (exact) mass is 488 g/mol. The van der Waals surface area contributed by atoms with E-state index in [1.165, 1.54) is 6.21 Å². The highest BCUT2D eigenvalue weighted by Gasteiger charge is 2.15. The number of ether oxygens (including phenoxy) is 2. The minimum atomic E-state index is -0.737. The molecule has 0 spiro atoms. The van der Waals surface area contributed by atoms with E-state index in [4.69, 9.17) is 9.47 Å². The van der Waals surface area contributed by atoms with Crippen molar-refractivity contribution in [2.24, 2.45) is 5.10 Å². The van der Waals surface area contributed by atoms with Gasteiger partial charge in [0.1, 0.15) is 11.5 Å². The second-order valence-corrected chi connectivity index (χ2v) is 8.46. The lowest BCUT2D eigenvalue weighted by atomic mass is 10.0. The molecule has 6 heteroatoms. The third kappa shape index (κ3) is 5.49. The molecule has 0 radical (unpaired) electrons. The van der Waals surface area contributed by atoms with E-state index in [0.29, 0.717) is 17.1 Å². The molecule has 6 nitrogen and oxygen atoms in total. The number of rotatable bonds is 7. The standard InChI is InChI=1S/C31H24N2O4/c1-21(36-29-15-7-11-24-9-3-5-13-27(24)29)30(34)33-32-20-22-16-18-25(19-17-22)37-31(35)28-14-6-10-23-8-2-4-12-26(23)28/h2-21H,1H3,(H,33,34)/b32-20+. The molecule has 182 valence electrons. The van der Waals surface area contributed by atoms with Gasteiger partial charge in [-0.3, -0.25) is 4.79 Å². The van der Waals surface area contributed by atoms with E-state index in [0.717, 1.165) is 27.1 Å². The zero-order valence-electron chi connectivity index (χ0n) is 20.1. The maximum Gasteiger partial charge on any atom is 0.344 e. The van der Waals surface area contributed by atoms with Gasteiger partial charge in [-0.1, -0.05) is 72.8 Å². The molecule has 0 saturated heterocycles. The van der Waals surface area contributed by atoms with E-state index in [9.17, 15) is 9.59 Å². The van der Waals surface area contributed by atoms with Gasteiger partial charge in [-0.2, -0.15) is 5.10 Å². The molecule has 0 bridgehead atoms. The topological polar surface area (TPSA) is 77.0 Å². The molecule has 5 aromatic carbocycles. The van der Waals surface area contributed by atoms with Crippen LogP contribution in [0, 0.1) is 0 Å². The summed E-state index contributed by atoms with van der Waals surface area (Å²) in [7, 11) is 0. The Kier molecular flexibility index (Phi) is 6.90. The summed E-state index contributed by atoms with van der Waals surface area (Å²) in [6, 6.07) is 33.6. The summed E-state index contributed by atoms with van der Waals surface area (Å²) in [6.07, 6.45) is 0.776. The fraction of sp³-hybridized carbons (Fsp3) is 0.0645. The Balaban J connectivity index is 1.17. The van der Waals surface area contributed by atoms with Crippen LogP contribution in [0.2, 0.25) is 0 Å². The fourth-order valence-corrected chi connectivity index (χ4v) is 3.99. The van der Waals surface area contributed by atoms with Crippen LogP contribution < -0.4 is 14.9 Å². The van der Waals surface area contributed by atoms with Crippen LogP contribution in [0.1, 0.15) is 22.8 Å². The normalized spacial score (nSPS) is 11.9. The quantitative estimate of drug-likeness (QED) is 0.129. The summed E-state index contributed by atoms with van der Waals surface area (Å²) in [6.45, 7) is 1.67. The summed E-state index contributed by atoms with van der Waals surface area (Å²) in [4.78, 5) is 25.2. The van der Waals surface area contributed by atoms with Crippen molar-refractivity contribution in [3.8, 4) is 11.5 Å². The van der Waals surface area contributed by atoms with Crippen molar-refractivity contribution in [3.05, 3.63) is 120 Å². The second-order valence-electron chi connectivity index (χ2n) is 8.46. The number of nitrogens with one attached hydrogen (secondary N) is 1. The van der Waals surface area contributed by atoms with Gasteiger partial charge >= 0.3 is 5.97 Å². The zero-order chi connectivity index (χ0) is 25.6. The number of esters is 1. The van der Waals surface area contributed by atoms with Crippen molar-refractivity contribution in [1.29, 1.82) is 0 Å². The first-order valence-electron chi connectivity index (χ1n) is 11.9. The minimum Gasteiger partial charge on any atom is -0.480 e. The van der Waals surface area contributed by atoms with Crippen molar-refractivity contribution in [1.82, 2.24) is 5.43 Å². The van der Waals surface area contributed by atoms with E-state index in [-0.39, 0.29) is 5.91 Å². The fourth-order valence-electron chi connectivity index (χ4n) is 3.99. The van der Waals surface area contributed by atoms with Crippen LogP contribution in [-0.4, -0.2) is 24.2 Å². The molecule has 1 atom stereocenters. The number of carbonyl (C=O) groups excluding carboxylic acids is 2. The number of amides is 1. The van der Waals surface area contributed by atoms with Crippen molar-refractivity contribution in [2.75, 3.05) is 0 Å². The molecule has 5 aromatic rings.